The van der Waals surface area contributed by atoms with Crippen LogP contribution < -0.4 is 19.7 Å². The topological polar surface area (TPSA) is 87.7 Å². The molecule has 3 rings (SSSR count). The van der Waals surface area contributed by atoms with Crippen LogP contribution in [0.15, 0.2) is 77.7 Å². The molecule has 0 unspecified atom stereocenters. The molecule has 3 aromatic rings. The van der Waals surface area contributed by atoms with Gasteiger partial charge in [-0.1, -0.05) is 44.2 Å². The molecule has 0 aliphatic rings. The minimum Gasteiger partial charge on any atom is -0.493 e. The Hall–Kier alpha value is -3.43. The molecule has 3 aromatic carbocycles. The zero-order valence-electron chi connectivity index (χ0n) is 23.2. The Bertz CT molecular complexity index is 1390. The third-order valence-electron chi connectivity index (χ3n) is 6.42. The van der Waals surface area contributed by atoms with Gasteiger partial charge in [0.2, 0.25) is 5.91 Å². The van der Waals surface area contributed by atoms with Gasteiger partial charge in [-0.05, 0) is 99.4 Å². The average molecular weight is 568 g/mol. The van der Waals surface area contributed by atoms with Crippen molar-refractivity contribution in [2.24, 2.45) is 5.41 Å². The Morgan fingerprint density at radius 3 is 2.31 bits per heavy atom. The van der Waals surface area contributed by atoms with Gasteiger partial charge in [0.1, 0.15) is 5.75 Å². The number of thiocarbonyl (C=S) groups is 1. The summed E-state index contributed by atoms with van der Waals surface area (Å²) < 4.78 is 33.6. The van der Waals surface area contributed by atoms with Crippen LogP contribution in [-0.2, 0) is 14.8 Å². The molecule has 0 spiro atoms. The highest BCUT2D eigenvalue weighted by atomic mass is 32.2. The summed E-state index contributed by atoms with van der Waals surface area (Å²) in [6.45, 7) is 10.4. The number of carbonyl (C=O) groups is 1. The van der Waals surface area contributed by atoms with Gasteiger partial charge in [0.25, 0.3) is 10.0 Å². The average Bonchev–Trinajstić information content (AvgIpc) is 2.89. The van der Waals surface area contributed by atoms with E-state index < -0.39 is 15.4 Å². The highest BCUT2D eigenvalue weighted by Crippen LogP contribution is 2.26. The second kappa shape index (κ2) is 13.1. The van der Waals surface area contributed by atoms with Crippen LogP contribution in [0.4, 0.5) is 11.4 Å². The number of hydrogen-bond donors (Lipinski definition) is 2. The smallest absolute Gasteiger partial charge is 0.264 e. The van der Waals surface area contributed by atoms with Gasteiger partial charge in [-0.2, -0.15) is 0 Å². The highest BCUT2D eigenvalue weighted by Gasteiger charge is 2.28. The summed E-state index contributed by atoms with van der Waals surface area (Å²) in [6.07, 6.45) is 1.33. The second-order valence-corrected chi connectivity index (χ2v) is 12.3. The van der Waals surface area contributed by atoms with Gasteiger partial charge in [0.15, 0.2) is 5.11 Å². The first-order valence-electron chi connectivity index (χ1n) is 12.9. The van der Waals surface area contributed by atoms with E-state index in [-0.39, 0.29) is 15.9 Å². The summed E-state index contributed by atoms with van der Waals surface area (Å²) in [5.41, 5.74) is 2.74. The number of rotatable bonds is 11. The van der Waals surface area contributed by atoms with E-state index in [0.717, 1.165) is 16.9 Å². The molecule has 0 saturated carbocycles. The molecule has 7 nitrogen and oxygen atoms in total. The van der Waals surface area contributed by atoms with E-state index in [1.54, 1.807) is 43.3 Å². The van der Waals surface area contributed by atoms with Crippen molar-refractivity contribution in [3.05, 3.63) is 83.9 Å². The first-order valence-corrected chi connectivity index (χ1v) is 14.8. The molecule has 2 N–H and O–H groups in total. The van der Waals surface area contributed by atoms with Gasteiger partial charge in [-0.3, -0.25) is 9.10 Å². The van der Waals surface area contributed by atoms with Crippen LogP contribution >= 0.6 is 12.2 Å². The van der Waals surface area contributed by atoms with Crippen LogP contribution in [0.2, 0.25) is 0 Å². The normalized spacial score (nSPS) is 11.5. The summed E-state index contributed by atoms with van der Waals surface area (Å²) in [7, 11) is -3.73. The van der Waals surface area contributed by atoms with Crippen molar-refractivity contribution >= 4 is 44.6 Å². The van der Waals surface area contributed by atoms with E-state index in [0.29, 0.717) is 37.4 Å². The van der Waals surface area contributed by atoms with Gasteiger partial charge in [0.05, 0.1) is 17.2 Å². The van der Waals surface area contributed by atoms with Crippen LogP contribution in [0.1, 0.15) is 44.7 Å². The molecule has 0 aliphatic heterocycles. The Kier molecular flexibility index (Phi) is 10.1. The standard InChI is InChI=1S/C30H37N3O4S2/c1-6-33(25-11-8-7-9-12-25)39(35,36)26-17-15-24(16-18-26)31-29(38)32-28(34)30(4,5)19-10-20-37-27-21-22(2)13-14-23(27)3/h7-9,11-18,21H,6,10,19-20H2,1-5H3,(H2,31,32,34,38). The van der Waals surface area contributed by atoms with Crippen LogP contribution in [0.25, 0.3) is 0 Å². The molecule has 9 heteroatoms. The molecule has 0 fully saturated rings. The van der Waals surface area contributed by atoms with Crippen LogP contribution in [0.3, 0.4) is 0 Å². The largest absolute Gasteiger partial charge is 0.493 e. The number of nitrogens with zero attached hydrogens (tertiary/aromatic N) is 1. The van der Waals surface area contributed by atoms with Crippen LogP contribution in [-0.4, -0.2) is 32.6 Å². The van der Waals surface area contributed by atoms with E-state index in [1.165, 1.54) is 16.4 Å². The molecule has 0 heterocycles. The second-order valence-electron chi connectivity index (χ2n) is 10.0. The van der Waals surface area contributed by atoms with E-state index in [4.69, 9.17) is 17.0 Å². The molecule has 0 aliphatic carbocycles. The predicted molar refractivity (Wildman–Crippen MR) is 162 cm³/mol. The first-order chi connectivity index (χ1) is 18.4. The highest BCUT2D eigenvalue weighted by molar-refractivity contribution is 7.92. The van der Waals surface area contributed by atoms with Crippen molar-refractivity contribution in [1.82, 2.24) is 5.32 Å². The van der Waals surface area contributed by atoms with Gasteiger partial charge < -0.3 is 15.4 Å². The third-order valence-corrected chi connectivity index (χ3v) is 8.54. The fourth-order valence-electron chi connectivity index (χ4n) is 4.03. The Labute approximate surface area is 237 Å². The van der Waals surface area contributed by atoms with E-state index in [9.17, 15) is 13.2 Å². The molecular formula is C30H37N3O4S2. The molecule has 0 bridgehead atoms. The zero-order chi connectivity index (χ0) is 28.6. The van der Waals surface area contributed by atoms with Crippen molar-refractivity contribution in [3.63, 3.8) is 0 Å². The zero-order valence-corrected chi connectivity index (χ0v) is 24.8. The molecule has 208 valence electrons. The minimum absolute atomic E-state index is 0.148. The van der Waals surface area contributed by atoms with E-state index >= 15 is 0 Å². The molecule has 0 radical (unpaired) electrons. The van der Waals surface area contributed by atoms with Crippen molar-refractivity contribution in [3.8, 4) is 5.75 Å². The maximum absolute atomic E-state index is 13.2. The predicted octanol–water partition coefficient (Wildman–Crippen LogP) is 6.22. The number of hydrogen-bond acceptors (Lipinski definition) is 5. The number of benzene rings is 3. The van der Waals surface area contributed by atoms with Gasteiger partial charge in [-0.25, -0.2) is 8.42 Å². The maximum atomic E-state index is 13.2. The summed E-state index contributed by atoms with van der Waals surface area (Å²) >= 11 is 5.34. The van der Waals surface area contributed by atoms with Crippen molar-refractivity contribution < 1.29 is 17.9 Å². The number of aryl methyl sites for hydroxylation is 2. The third kappa shape index (κ3) is 8.03. The fourth-order valence-corrected chi connectivity index (χ4v) is 5.71. The molecule has 0 aromatic heterocycles. The lowest BCUT2D eigenvalue weighted by Crippen LogP contribution is -2.42. The molecule has 1 amide bonds. The number of carbonyl (C=O) groups excluding carboxylic acids is 1. The number of nitrogens with one attached hydrogen (secondary N) is 2. The van der Waals surface area contributed by atoms with E-state index in [2.05, 4.69) is 16.7 Å². The fraction of sp³-hybridized carbons (Fsp3) is 0.333. The lowest BCUT2D eigenvalue weighted by molar-refractivity contribution is -0.128. The van der Waals surface area contributed by atoms with Crippen molar-refractivity contribution in [2.45, 2.75) is 52.4 Å². The number of para-hydroxylation sites is 1. The summed E-state index contributed by atoms with van der Waals surface area (Å²) in [6, 6.07) is 21.4. The number of sulfonamides is 1. The van der Waals surface area contributed by atoms with Crippen LogP contribution in [0.5, 0.6) is 5.75 Å². The lowest BCUT2D eigenvalue weighted by atomic mass is 9.87. The minimum atomic E-state index is -3.73. The number of amides is 1. The van der Waals surface area contributed by atoms with Gasteiger partial charge in [-0.15, -0.1) is 0 Å². The molecule has 0 saturated heterocycles. The summed E-state index contributed by atoms with van der Waals surface area (Å²) in [4.78, 5) is 13.1. The van der Waals surface area contributed by atoms with E-state index in [1.807, 2.05) is 45.9 Å². The van der Waals surface area contributed by atoms with Gasteiger partial charge >= 0.3 is 0 Å². The maximum Gasteiger partial charge on any atom is 0.264 e. The lowest BCUT2D eigenvalue weighted by Gasteiger charge is -2.24. The summed E-state index contributed by atoms with van der Waals surface area (Å²) in [5, 5.41) is 5.86. The van der Waals surface area contributed by atoms with Gasteiger partial charge in [0, 0.05) is 17.6 Å². The van der Waals surface area contributed by atoms with Crippen molar-refractivity contribution in [1.29, 1.82) is 0 Å². The Morgan fingerprint density at radius 2 is 1.67 bits per heavy atom. The quantitative estimate of drug-likeness (QED) is 0.211. The Morgan fingerprint density at radius 1 is 1.00 bits per heavy atom. The number of anilines is 2. The monoisotopic (exact) mass is 567 g/mol. The molecule has 0 atom stereocenters. The number of ether oxygens (including phenoxy) is 1. The Balaban J connectivity index is 1.53. The first kappa shape index (κ1) is 30.1. The molecule has 39 heavy (non-hydrogen) atoms. The summed E-state index contributed by atoms with van der Waals surface area (Å²) in [5.74, 6) is 0.663. The van der Waals surface area contributed by atoms with Crippen LogP contribution in [0, 0.1) is 19.3 Å². The SMILES string of the molecule is CCN(c1ccccc1)S(=O)(=O)c1ccc(NC(=S)NC(=O)C(C)(C)CCCOc2cc(C)ccc2C)cc1. The van der Waals surface area contributed by atoms with Crippen molar-refractivity contribution in [2.75, 3.05) is 22.8 Å². The molecular weight excluding hydrogens is 530 g/mol.